The summed E-state index contributed by atoms with van der Waals surface area (Å²) in [4.78, 5) is 12.0. The number of nitrogens with one attached hydrogen (secondary N) is 1. The zero-order chi connectivity index (χ0) is 14.1. The molecule has 3 nitrogen and oxygen atoms in total. The van der Waals surface area contributed by atoms with Gasteiger partial charge in [0.15, 0.2) is 0 Å². The fraction of sp³-hybridized carbons (Fsp3) is 0.176. The van der Waals surface area contributed by atoms with Crippen molar-refractivity contribution < 1.29 is 0 Å². The van der Waals surface area contributed by atoms with Gasteiger partial charge in [-0.3, -0.25) is 4.79 Å². The Labute approximate surface area is 117 Å². The van der Waals surface area contributed by atoms with Gasteiger partial charge in [0.25, 0.3) is 5.56 Å². The predicted octanol–water partition coefficient (Wildman–Crippen LogP) is 3.71. The van der Waals surface area contributed by atoms with Crippen molar-refractivity contribution in [2.24, 2.45) is 0 Å². The minimum atomic E-state index is -0.148. The van der Waals surface area contributed by atoms with Crippen LogP contribution in [0.5, 0.6) is 0 Å². The molecule has 0 amide bonds. The van der Waals surface area contributed by atoms with Gasteiger partial charge in [-0.1, -0.05) is 50.2 Å². The van der Waals surface area contributed by atoms with E-state index in [1.807, 2.05) is 36.4 Å². The molecule has 0 spiro atoms. The molecule has 0 atom stereocenters. The third-order valence-electron chi connectivity index (χ3n) is 3.48. The first-order valence-corrected chi connectivity index (χ1v) is 6.74. The Hall–Kier alpha value is -2.42. The van der Waals surface area contributed by atoms with Crippen molar-refractivity contribution in [1.82, 2.24) is 10.2 Å². The molecule has 0 aliphatic carbocycles. The topological polar surface area (TPSA) is 45.8 Å². The number of aromatic amines is 1. The van der Waals surface area contributed by atoms with Gasteiger partial charge in [-0.05, 0) is 34.4 Å². The molecular weight excluding hydrogens is 248 g/mol. The first kappa shape index (κ1) is 12.6. The molecule has 3 heteroatoms. The Bertz CT molecular complexity index is 818. The summed E-state index contributed by atoms with van der Waals surface area (Å²) >= 11 is 0. The fourth-order valence-corrected chi connectivity index (χ4v) is 2.29. The second-order valence-corrected chi connectivity index (χ2v) is 5.25. The first-order valence-electron chi connectivity index (χ1n) is 6.74. The summed E-state index contributed by atoms with van der Waals surface area (Å²) in [5.41, 5.74) is 2.35. The van der Waals surface area contributed by atoms with Crippen molar-refractivity contribution in [3.8, 4) is 11.1 Å². The van der Waals surface area contributed by atoms with Crippen LogP contribution in [0.1, 0.15) is 25.5 Å². The standard InChI is InChI=1S/C17H16N2O/c1-11(2)16-10-15(17(20)19-18-16)14-8-7-12-5-3-4-6-13(12)9-14/h3-11H,1-2H3,(H,19,20). The molecule has 2 aromatic carbocycles. The molecule has 0 aliphatic heterocycles. The molecule has 1 N–H and O–H groups in total. The molecule has 3 rings (SSSR count). The SMILES string of the molecule is CC(C)c1cc(-c2ccc3ccccc3c2)c(=O)[nH]n1. The maximum absolute atomic E-state index is 12.0. The number of hydrogen-bond acceptors (Lipinski definition) is 2. The molecule has 100 valence electrons. The van der Waals surface area contributed by atoms with E-state index in [1.54, 1.807) is 0 Å². The van der Waals surface area contributed by atoms with Gasteiger partial charge in [0.2, 0.25) is 0 Å². The third-order valence-corrected chi connectivity index (χ3v) is 3.48. The Morgan fingerprint density at radius 3 is 2.50 bits per heavy atom. The molecular formula is C17H16N2O. The third kappa shape index (κ3) is 2.23. The summed E-state index contributed by atoms with van der Waals surface area (Å²) in [7, 11) is 0. The molecule has 0 fully saturated rings. The Morgan fingerprint density at radius 2 is 1.75 bits per heavy atom. The van der Waals surface area contributed by atoms with Crippen LogP contribution in [-0.4, -0.2) is 10.2 Å². The van der Waals surface area contributed by atoms with Gasteiger partial charge in [-0.15, -0.1) is 0 Å². The van der Waals surface area contributed by atoms with Crippen molar-refractivity contribution in [2.45, 2.75) is 19.8 Å². The minimum Gasteiger partial charge on any atom is -0.267 e. The molecule has 0 bridgehead atoms. The lowest BCUT2D eigenvalue weighted by Crippen LogP contribution is -2.13. The molecule has 0 radical (unpaired) electrons. The Balaban J connectivity index is 2.19. The highest BCUT2D eigenvalue weighted by Gasteiger charge is 2.08. The molecule has 0 unspecified atom stereocenters. The van der Waals surface area contributed by atoms with E-state index in [4.69, 9.17) is 0 Å². The molecule has 0 aliphatic rings. The van der Waals surface area contributed by atoms with Gasteiger partial charge in [-0.2, -0.15) is 5.10 Å². The smallest absolute Gasteiger partial charge is 0.267 e. The zero-order valence-corrected chi connectivity index (χ0v) is 11.6. The molecule has 0 saturated carbocycles. The fourth-order valence-electron chi connectivity index (χ4n) is 2.29. The van der Waals surface area contributed by atoms with Crippen LogP contribution in [0.2, 0.25) is 0 Å². The largest absolute Gasteiger partial charge is 0.272 e. The summed E-state index contributed by atoms with van der Waals surface area (Å²) in [5, 5.41) is 8.98. The summed E-state index contributed by atoms with van der Waals surface area (Å²) in [6.07, 6.45) is 0. The number of nitrogens with zero attached hydrogens (tertiary/aromatic N) is 1. The lowest BCUT2D eigenvalue weighted by atomic mass is 10.0. The van der Waals surface area contributed by atoms with Crippen molar-refractivity contribution >= 4 is 10.8 Å². The summed E-state index contributed by atoms with van der Waals surface area (Å²) in [5.74, 6) is 0.283. The van der Waals surface area contributed by atoms with Crippen molar-refractivity contribution in [3.05, 3.63) is 64.6 Å². The monoisotopic (exact) mass is 264 g/mol. The van der Waals surface area contributed by atoms with E-state index < -0.39 is 0 Å². The zero-order valence-electron chi connectivity index (χ0n) is 11.6. The van der Waals surface area contributed by atoms with Crippen LogP contribution >= 0.6 is 0 Å². The average molecular weight is 264 g/mol. The van der Waals surface area contributed by atoms with Gasteiger partial charge < -0.3 is 0 Å². The number of benzene rings is 2. The number of H-pyrrole nitrogens is 1. The molecule has 0 saturated heterocycles. The van der Waals surface area contributed by atoms with Crippen LogP contribution in [0, 0.1) is 0 Å². The Kier molecular flexibility index (Phi) is 3.11. The van der Waals surface area contributed by atoms with Gasteiger partial charge in [0.1, 0.15) is 0 Å². The average Bonchev–Trinajstić information content (AvgIpc) is 2.47. The highest BCUT2D eigenvalue weighted by atomic mass is 16.1. The van der Waals surface area contributed by atoms with Crippen LogP contribution in [-0.2, 0) is 0 Å². The normalized spacial score (nSPS) is 11.2. The van der Waals surface area contributed by atoms with Crippen LogP contribution < -0.4 is 5.56 Å². The number of aromatic nitrogens is 2. The van der Waals surface area contributed by atoms with Crippen LogP contribution in [0.15, 0.2) is 53.3 Å². The number of rotatable bonds is 2. The van der Waals surface area contributed by atoms with E-state index in [0.717, 1.165) is 16.6 Å². The minimum absolute atomic E-state index is 0.148. The summed E-state index contributed by atoms with van der Waals surface area (Å²) in [6, 6.07) is 16.1. The predicted molar refractivity (Wildman–Crippen MR) is 81.9 cm³/mol. The van der Waals surface area contributed by atoms with E-state index in [2.05, 4.69) is 36.2 Å². The lowest BCUT2D eigenvalue weighted by Gasteiger charge is -2.07. The highest BCUT2D eigenvalue weighted by molar-refractivity contribution is 5.87. The Morgan fingerprint density at radius 1 is 1.00 bits per heavy atom. The maximum Gasteiger partial charge on any atom is 0.272 e. The van der Waals surface area contributed by atoms with E-state index in [0.29, 0.717) is 5.56 Å². The summed E-state index contributed by atoms with van der Waals surface area (Å²) < 4.78 is 0. The molecule has 1 heterocycles. The van der Waals surface area contributed by atoms with Gasteiger partial charge >= 0.3 is 0 Å². The number of hydrogen-bond donors (Lipinski definition) is 1. The van der Waals surface area contributed by atoms with E-state index in [1.165, 1.54) is 5.39 Å². The van der Waals surface area contributed by atoms with Gasteiger partial charge in [0.05, 0.1) is 11.3 Å². The lowest BCUT2D eigenvalue weighted by molar-refractivity contribution is 0.778. The quantitative estimate of drug-likeness (QED) is 0.766. The molecule has 20 heavy (non-hydrogen) atoms. The van der Waals surface area contributed by atoms with Crippen LogP contribution in [0.4, 0.5) is 0 Å². The van der Waals surface area contributed by atoms with Gasteiger partial charge in [-0.25, -0.2) is 5.10 Å². The molecule has 3 aromatic rings. The second kappa shape index (κ2) is 4.93. The van der Waals surface area contributed by atoms with Gasteiger partial charge in [0, 0.05) is 0 Å². The second-order valence-electron chi connectivity index (χ2n) is 5.25. The number of fused-ring (bicyclic) bond motifs is 1. The summed E-state index contributed by atoms with van der Waals surface area (Å²) in [6.45, 7) is 4.12. The van der Waals surface area contributed by atoms with Crippen molar-refractivity contribution in [3.63, 3.8) is 0 Å². The van der Waals surface area contributed by atoms with Crippen LogP contribution in [0.25, 0.3) is 21.9 Å². The van der Waals surface area contributed by atoms with E-state index >= 15 is 0 Å². The van der Waals surface area contributed by atoms with E-state index in [9.17, 15) is 4.79 Å². The van der Waals surface area contributed by atoms with Crippen molar-refractivity contribution in [2.75, 3.05) is 0 Å². The molecule has 1 aromatic heterocycles. The maximum atomic E-state index is 12.0. The van der Waals surface area contributed by atoms with Crippen molar-refractivity contribution in [1.29, 1.82) is 0 Å². The highest BCUT2D eigenvalue weighted by Crippen LogP contribution is 2.23. The first-order chi connectivity index (χ1) is 9.65. The van der Waals surface area contributed by atoms with Crippen LogP contribution in [0.3, 0.4) is 0 Å². The van der Waals surface area contributed by atoms with E-state index in [-0.39, 0.29) is 11.5 Å².